The molecule has 0 spiro atoms. The molecule has 20 heavy (non-hydrogen) atoms. The van der Waals surface area contributed by atoms with Gasteiger partial charge in [-0.15, -0.1) is 11.3 Å². The summed E-state index contributed by atoms with van der Waals surface area (Å²) >= 11 is 1.51. The Hall–Kier alpha value is -2.47. The Morgan fingerprint density at radius 1 is 1.30 bits per heavy atom. The average Bonchev–Trinajstić information content (AvgIpc) is 2.87. The Morgan fingerprint density at radius 3 is 2.95 bits per heavy atom. The van der Waals surface area contributed by atoms with Gasteiger partial charge in [0.05, 0.1) is 10.2 Å². The number of anilines is 1. The van der Waals surface area contributed by atoms with Crippen molar-refractivity contribution in [1.29, 1.82) is 0 Å². The lowest BCUT2D eigenvalue weighted by Crippen LogP contribution is -2.01. The van der Waals surface area contributed by atoms with E-state index in [1.54, 1.807) is 18.2 Å². The third kappa shape index (κ3) is 2.33. The van der Waals surface area contributed by atoms with Crippen molar-refractivity contribution < 1.29 is 9.53 Å². The highest BCUT2D eigenvalue weighted by atomic mass is 32.1. The van der Waals surface area contributed by atoms with Crippen molar-refractivity contribution in [2.24, 2.45) is 0 Å². The number of rotatable bonds is 2. The number of thiophene rings is 1. The van der Waals surface area contributed by atoms with Gasteiger partial charge in [-0.05, 0) is 23.6 Å². The van der Waals surface area contributed by atoms with E-state index in [-0.39, 0.29) is 5.97 Å². The van der Waals surface area contributed by atoms with Crippen molar-refractivity contribution in [2.45, 2.75) is 6.92 Å². The van der Waals surface area contributed by atoms with Gasteiger partial charge < -0.3 is 10.5 Å². The first-order valence-corrected chi connectivity index (χ1v) is 6.81. The van der Waals surface area contributed by atoms with E-state index >= 15 is 0 Å². The zero-order valence-electron chi connectivity index (χ0n) is 10.7. The van der Waals surface area contributed by atoms with E-state index in [9.17, 15) is 4.79 Å². The molecule has 0 saturated heterocycles. The summed E-state index contributed by atoms with van der Waals surface area (Å²) in [7, 11) is 0. The molecule has 0 radical (unpaired) electrons. The molecule has 0 aliphatic heterocycles. The number of carbonyl (C=O) groups excluding carboxylic acids is 1. The largest absolute Gasteiger partial charge is 0.427 e. The Kier molecular flexibility index (Phi) is 3.08. The number of nitrogens with two attached hydrogens (primary N) is 1. The molecule has 0 amide bonds. The SMILES string of the molecule is CC(=O)Oc1cccc(-c2nc(N)c3sccc3n2)c1. The van der Waals surface area contributed by atoms with E-state index in [2.05, 4.69) is 9.97 Å². The van der Waals surface area contributed by atoms with Gasteiger partial charge in [-0.3, -0.25) is 4.79 Å². The standard InChI is InChI=1S/C14H11N3O2S/c1-8(18)19-10-4-2-3-9(7-10)14-16-11-5-6-20-12(11)13(15)17-14/h2-7H,1H3,(H2,15,16,17). The second-order valence-electron chi connectivity index (χ2n) is 4.19. The second kappa shape index (κ2) is 4.90. The highest BCUT2D eigenvalue weighted by Gasteiger charge is 2.09. The summed E-state index contributed by atoms with van der Waals surface area (Å²) in [6.45, 7) is 1.36. The lowest BCUT2D eigenvalue weighted by molar-refractivity contribution is -0.131. The molecule has 0 unspecified atom stereocenters. The molecule has 3 rings (SSSR count). The van der Waals surface area contributed by atoms with E-state index in [4.69, 9.17) is 10.5 Å². The predicted octanol–water partition coefficient (Wildman–Crippen LogP) is 2.87. The fraction of sp³-hybridized carbons (Fsp3) is 0.0714. The molecule has 5 nitrogen and oxygen atoms in total. The van der Waals surface area contributed by atoms with Crippen LogP contribution in [0.5, 0.6) is 5.75 Å². The molecule has 2 N–H and O–H groups in total. The van der Waals surface area contributed by atoms with Crippen LogP contribution in [0.15, 0.2) is 35.7 Å². The van der Waals surface area contributed by atoms with Gasteiger partial charge >= 0.3 is 5.97 Å². The topological polar surface area (TPSA) is 78.1 Å². The highest BCUT2D eigenvalue weighted by Crippen LogP contribution is 2.28. The number of benzene rings is 1. The maximum atomic E-state index is 11.0. The van der Waals surface area contributed by atoms with Crippen LogP contribution >= 0.6 is 11.3 Å². The number of nitrogens with zero attached hydrogens (tertiary/aromatic N) is 2. The second-order valence-corrected chi connectivity index (χ2v) is 5.11. The molecular formula is C14H11N3O2S. The zero-order valence-corrected chi connectivity index (χ0v) is 11.5. The number of hydrogen-bond donors (Lipinski definition) is 1. The molecule has 0 aliphatic carbocycles. The van der Waals surface area contributed by atoms with Gasteiger partial charge in [-0.2, -0.15) is 0 Å². The first kappa shape index (κ1) is 12.6. The summed E-state index contributed by atoms with van der Waals surface area (Å²) in [6.07, 6.45) is 0. The minimum absolute atomic E-state index is 0.365. The van der Waals surface area contributed by atoms with Crippen LogP contribution < -0.4 is 10.5 Å². The van der Waals surface area contributed by atoms with E-state index in [0.717, 1.165) is 15.8 Å². The third-order valence-electron chi connectivity index (χ3n) is 2.68. The van der Waals surface area contributed by atoms with Crippen LogP contribution in [-0.2, 0) is 4.79 Å². The van der Waals surface area contributed by atoms with Crippen LogP contribution in [0.1, 0.15) is 6.92 Å². The number of hydrogen-bond acceptors (Lipinski definition) is 6. The summed E-state index contributed by atoms with van der Waals surface area (Å²) in [5.41, 5.74) is 7.50. The third-order valence-corrected chi connectivity index (χ3v) is 3.61. The highest BCUT2D eigenvalue weighted by molar-refractivity contribution is 7.17. The number of aromatic nitrogens is 2. The minimum atomic E-state index is -0.365. The summed E-state index contributed by atoms with van der Waals surface area (Å²) in [6, 6.07) is 8.95. The summed E-state index contributed by atoms with van der Waals surface area (Å²) in [4.78, 5) is 19.7. The van der Waals surface area contributed by atoms with Crippen LogP contribution in [0.2, 0.25) is 0 Å². The summed E-state index contributed by atoms with van der Waals surface area (Å²) in [5.74, 6) is 1.07. The van der Waals surface area contributed by atoms with Crippen molar-refractivity contribution in [3.8, 4) is 17.1 Å². The molecule has 0 saturated carbocycles. The Labute approximate surface area is 119 Å². The lowest BCUT2D eigenvalue weighted by atomic mass is 10.2. The molecule has 1 aromatic carbocycles. The van der Waals surface area contributed by atoms with Gasteiger partial charge in [0.25, 0.3) is 0 Å². The molecule has 0 aliphatic rings. The van der Waals surface area contributed by atoms with Gasteiger partial charge in [0, 0.05) is 12.5 Å². The number of ether oxygens (including phenoxy) is 1. The molecule has 0 bridgehead atoms. The van der Waals surface area contributed by atoms with Crippen molar-refractivity contribution in [2.75, 3.05) is 5.73 Å². The van der Waals surface area contributed by atoms with Crippen LogP contribution in [0.3, 0.4) is 0 Å². The number of carbonyl (C=O) groups is 1. The normalized spacial score (nSPS) is 10.7. The van der Waals surface area contributed by atoms with E-state index < -0.39 is 0 Å². The van der Waals surface area contributed by atoms with Crippen LogP contribution in [-0.4, -0.2) is 15.9 Å². The predicted molar refractivity (Wildman–Crippen MR) is 78.6 cm³/mol. The van der Waals surface area contributed by atoms with Crippen molar-refractivity contribution >= 4 is 33.3 Å². The maximum absolute atomic E-state index is 11.0. The molecule has 0 atom stereocenters. The van der Waals surface area contributed by atoms with Crippen molar-refractivity contribution in [3.05, 3.63) is 35.7 Å². The fourth-order valence-corrected chi connectivity index (χ4v) is 2.61. The minimum Gasteiger partial charge on any atom is -0.427 e. The molecular weight excluding hydrogens is 274 g/mol. The monoisotopic (exact) mass is 285 g/mol. The van der Waals surface area contributed by atoms with Gasteiger partial charge in [0.1, 0.15) is 11.6 Å². The molecule has 6 heteroatoms. The molecule has 0 fully saturated rings. The van der Waals surface area contributed by atoms with Crippen LogP contribution in [0, 0.1) is 0 Å². The van der Waals surface area contributed by atoms with E-state index in [1.165, 1.54) is 18.3 Å². The Bertz CT molecular complexity index is 798. The van der Waals surface area contributed by atoms with Gasteiger partial charge in [-0.25, -0.2) is 9.97 Å². The van der Waals surface area contributed by atoms with Crippen molar-refractivity contribution in [3.63, 3.8) is 0 Å². The molecule has 100 valence electrons. The first-order chi connectivity index (χ1) is 9.63. The molecule has 3 aromatic rings. The lowest BCUT2D eigenvalue weighted by Gasteiger charge is -2.05. The number of nitrogen functional groups attached to an aromatic ring is 1. The van der Waals surface area contributed by atoms with Gasteiger partial charge in [0.15, 0.2) is 5.82 Å². The van der Waals surface area contributed by atoms with E-state index in [1.807, 2.05) is 17.5 Å². The average molecular weight is 285 g/mol. The summed E-state index contributed by atoms with van der Waals surface area (Å²) < 4.78 is 5.93. The first-order valence-electron chi connectivity index (χ1n) is 5.93. The van der Waals surface area contributed by atoms with Gasteiger partial charge in [-0.1, -0.05) is 12.1 Å². The van der Waals surface area contributed by atoms with Crippen LogP contribution in [0.25, 0.3) is 21.6 Å². The molecule has 2 aromatic heterocycles. The maximum Gasteiger partial charge on any atom is 0.308 e. The van der Waals surface area contributed by atoms with Gasteiger partial charge in [0.2, 0.25) is 0 Å². The Morgan fingerprint density at radius 2 is 2.15 bits per heavy atom. The van der Waals surface area contributed by atoms with Crippen molar-refractivity contribution in [1.82, 2.24) is 9.97 Å². The fourth-order valence-electron chi connectivity index (χ4n) is 1.88. The number of fused-ring (bicyclic) bond motifs is 1. The molecule has 2 heterocycles. The smallest absolute Gasteiger partial charge is 0.308 e. The van der Waals surface area contributed by atoms with E-state index in [0.29, 0.717) is 17.4 Å². The Balaban J connectivity index is 2.08. The quantitative estimate of drug-likeness (QED) is 0.578. The number of esters is 1. The summed E-state index contributed by atoms with van der Waals surface area (Å²) in [5, 5.41) is 1.93. The zero-order chi connectivity index (χ0) is 14.1. The van der Waals surface area contributed by atoms with Crippen LogP contribution in [0.4, 0.5) is 5.82 Å².